The summed E-state index contributed by atoms with van der Waals surface area (Å²) >= 11 is 3.66. The van der Waals surface area contributed by atoms with Crippen molar-refractivity contribution in [2.24, 2.45) is 0 Å². The molecular weight excluding hydrogens is 368 g/mol. The Labute approximate surface area is 145 Å². The largest absolute Gasteiger partial charge is 0.353 e. The van der Waals surface area contributed by atoms with Gasteiger partial charge >= 0.3 is 0 Å². The van der Waals surface area contributed by atoms with Crippen molar-refractivity contribution in [1.82, 2.24) is 21.5 Å². The maximum Gasteiger partial charge on any atom is 0.239 e. The van der Waals surface area contributed by atoms with Gasteiger partial charge in [0, 0.05) is 12.6 Å². The van der Waals surface area contributed by atoms with Crippen LogP contribution in [0.2, 0.25) is 0 Å². The highest BCUT2D eigenvalue weighted by atomic mass is 79.9. The number of hydrogen-bond acceptors (Lipinski definition) is 4. The van der Waals surface area contributed by atoms with Crippen LogP contribution in [0, 0.1) is 0 Å². The highest BCUT2D eigenvalue weighted by Gasteiger charge is 2.39. The summed E-state index contributed by atoms with van der Waals surface area (Å²) in [7, 11) is 0. The SMILES string of the molecule is Cl.O=C(NCC1CCCN1)C1NNC(c2ccccc2)C1Br. The van der Waals surface area contributed by atoms with Crippen molar-refractivity contribution in [3.05, 3.63) is 35.9 Å². The van der Waals surface area contributed by atoms with Gasteiger partial charge in [-0.05, 0) is 24.9 Å². The number of amides is 1. The summed E-state index contributed by atoms with van der Waals surface area (Å²) in [5, 5.41) is 6.42. The van der Waals surface area contributed by atoms with E-state index in [9.17, 15) is 4.79 Å². The van der Waals surface area contributed by atoms with Crippen molar-refractivity contribution >= 4 is 34.2 Å². The molecule has 2 saturated heterocycles. The summed E-state index contributed by atoms with van der Waals surface area (Å²) in [5.74, 6) is 0.0384. The van der Waals surface area contributed by atoms with Gasteiger partial charge in [0.15, 0.2) is 0 Å². The lowest BCUT2D eigenvalue weighted by Gasteiger charge is -2.18. The number of hydrazine groups is 1. The maximum absolute atomic E-state index is 12.3. The molecule has 4 unspecified atom stereocenters. The molecule has 2 fully saturated rings. The summed E-state index contributed by atoms with van der Waals surface area (Å²) in [6.07, 6.45) is 2.34. The number of benzene rings is 1. The van der Waals surface area contributed by atoms with Gasteiger partial charge in [0.1, 0.15) is 6.04 Å². The van der Waals surface area contributed by atoms with Crippen LogP contribution in [-0.2, 0) is 4.79 Å². The topological polar surface area (TPSA) is 65.2 Å². The van der Waals surface area contributed by atoms with Gasteiger partial charge in [-0.1, -0.05) is 46.3 Å². The van der Waals surface area contributed by atoms with Crippen LogP contribution in [0.3, 0.4) is 0 Å². The second-order valence-electron chi connectivity index (χ2n) is 5.64. The molecule has 1 aromatic carbocycles. The monoisotopic (exact) mass is 388 g/mol. The van der Waals surface area contributed by atoms with E-state index in [1.807, 2.05) is 18.2 Å². The molecule has 0 spiro atoms. The lowest BCUT2D eigenvalue weighted by Crippen LogP contribution is -2.48. The van der Waals surface area contributed by atoms with Crippen LogP contribution in [0.15, 0.2) is 30.3 Å². The fraction of sp³-hybridized carbons (Fsp3) is 0.533. The third-order valence-corrected chi connectivity index (χ3v) is 5.21. The molecule has 0 bridgehead atoms. The molecule has 5 nitrogen and oxygen atoms in total. The van der Waals surface area contributed by atoms with E-state index in [2.05, 4.69) is 49.5 Å². The van der Waals surface area contributed by atoms with Crippen molar-refractivity contribution in [2.75, 3.05) is 13.1 Å². The molecule has 4 N–H and O–H groups in total. The van der Waals surface area contributed by atoms with Gasteiger partial charge in [-0.2, -0.15) is 0 Å². The first-order valence-corrected chi connectivity index (χ1v) is 8.38. The molecule has 2 aliphatic heterocycles. The third-order valence-electron chi connectivity index (χ3n) is 4.16. The number of nitrogens with one attached hydrogen (secondary N) is 4. The van der Waals surface area contributed by atoms with E-state index in [0.29, 0.717) is 12.6 Å². The highest BCUT2D eigenvalue weighted by molar-refractivity contribution is 9.09. The van der Waals surface area contributed by atoms with E-state index in [4.69, 9.17) is 0 Å². The summed E-state index contributed by atoms with van der Waals surface area (Å²) in [4.78, 5) is 12.3. The van der Waals surface area contributed by atoms with E-state index < -0.39 is 0 Å². The smallest absolute Gasteiger partial charge is 0.239 e. The van der Waals surface area contributed by atoms with Crippen LogP contribution >= 0.6 is 28.3 Å². The molecule has 2 heterocycles. The molecule has 0 saturated carbocycles. The van der Waals surface area contributed by atoms with Crippen molar-refractivity contribution < 1.29 is 4.79 Å². The van der Waals surface area contributed by atoms with Gasteiger partial charge in [-0.3, -0.25) is 4.79 Å². The standard InChI is InChI=1S/C15H21BrN4O.ClH/c16-12-13(10-5-2-1-3-6-10)19-20-14(12)15(21)18-9-11-7-4-8-17-11;/h1-3,5-6,11-14,17,19-20H,4,7-9H2,(H,18,21);1H. The molecule has 122 valence electrons. The zero-order valence-electron chi connectivity index (χ0n) is 12.2. The van der Waals surface area contributed by atoms with E-state index in [0.717, 1.165) is 13.0 Å². The lowest BCUT2D eigenvalue weighted by atomic mass is 10.0. The normalized spacial score (nSPS) is 30.8. The van der Waals surface area contributed by atoms with Crippen LogP contribution in [0.1, 0.15) is 24.4 Å². The quantitative estimate of drug-likeness (QED) is 0.585. The fourth-order valence-electron chi connectivity index (χ4n) is 2.93. The minimum atomic E-state index is -0.267. The number of hydrogen-bond donors (Lipinski definition) is 4. The van der Waals surface area contributed by atoms with E-state index in [1.165, 1.54) is 12.0 Å². The van der Waals surface area contributed by atoms with Gasteiger partial charge in [0.05, 0.1) is 10.9 Å². The summed E-state index contributed by atoms with van der Waals surface area (Å²) < 4.78 is 0. The average Bonchev–Trinajstić information content (AvgIpc) is 3.15. The summed E-state index contributed by atoms with van der Waals surface area (Å²) in [6, 6.07) is 10.4. The first kappa shape index (κ1) is 17.7. The molecule has 0 aromatic heterocycles. The van der Waals surface area contributed by atoms with E-state index in [-0.39, 0.29) is 35.2 Å². The van der Waals surface area contributed by atoms with Crippen LogP contribution in [0.4, 0.5) is 0 Å². The lowest BCUT2D eigenvalue weighted by molar-refractivity contribution is -0.122. The molecular formula is C15H22BrClN4O. The van der Waals surface area contributed by atoms with Crippen LogP contribution in [0.5, 0.6) is 0 Å². The summed E-state index contributed by atoms with van der Waals surface area (Å²) in [5.41, 5.74) is 7.48. The van der Waals surface area contributed by atoms with Crippen LogP contribution < -0.4 is 21.5 Å². The Bertz CT molecular complexity index is 484. The Morgan fingerprint density at radius 2 is 2.05 bits per heavy atom. The maximum atomic E-state index is 12.3. The molecule has 0 radical (unpaired) electrons. The van der Waals surface area contributed by atoms with Crippen molar-refractivity contribution in [3.63, 3.8) is 0 Å². The second kappa shape index (κ2) is 8.26. The zero-order chi connectivity index (χ0) is 14.7. The molecule has 4 atom stereocenters. The second-order valence-corrected chi connectivity index (χ2v) is 6.69. The number of carbonyl (C=O) groups is 1. The average molecular weight is 390 g/mol. The molecule has 3 rings (SSSR count). The zero-order valence-corrected chi connectivity index (χ0v) is 14.6. The van der Waals surface area contributed by atoms with Crippen LogP contribution in [0.25, 0.3) is 0 Å². The molecule has 7 heteroatoms. The predicted octanol–water partition coefficient (Wildman–Crippen LogP) is 1.26. The molecule has 2 aliphatic rings. The third kappa shape index (κ3) is 4.00. The highest BCUT2D eigenvalue weighted by Crippen LogP contribution is 2.28. The number of rotatable bonds is 4. The summed E-state index contributed by atoms with van der Waals surface area (Å²) in [6.45, 7) is 1.76. The molecule has 1 amide bonds. The minimum Gasteiger partial charge on any atom is -0.353 e. The van der Waals surface area contributed by atoms with Gasteiger partial charge in [-0.25, -0.2) is 10.9 Å². The predicted molar refractivity (Wildman–Crippen MR) is 93.2 cm³/mol. The van der Waals surface area contributed by atoms with Gasteiger partial charge in [0.2, 0.25) is 5.91 Å². The number of alkyl halides is 1. The minimum absolute atomic E-state index is 0. The number of halogens is 2. The molecule has 0 aliphatic carbocycles. The van der Waals surface area contributed by atoms with Crippen molar-refractivity contribution in [3.8, 4) is 0 Å². The molecule has 1 aromatic rings. The Kier molecular flexibility index (Phi) is 6.65. The van der Waals surface area contributed by atoms with E-state index >= 15 is 0 Å². The van der Waals surface area contributed by atoms with Crippen molar-refractivity contribution in [1.29, 1.82) is 0 Å². The Morgan fingerprint density at radius 1 is 1.27 bits per heavy atom. The van der Waals surface area contributed by atoms with Gasteiger partial charge in [0.25, 0.3) is 0 Å². The molecule has 22 heavy (non-hydrogen) atoms. The van der Waals surface area contributed by atoms with Crippen LogP contribution in [-0.4, -0.2) is 35.9 Å². The Hall–Kier alpha value is -0.660. The van der Waals surface area contributed by atoms with E-state index in [1.54, 1.807) is 0 Å². The first-order chi connectivity index (χ1) is 10.3. The Balaban J connectivity index is 0.00000176. The van der Waals surface area contributed by atoms with Crippen molar-refractivity contribution in [2.45, 2.75) is 35.8 Å². The first-order valence-electron chi connectivity index (χ1n) is 7.47. The van der Waals surface area contributed by atoms with Gasteiger partial charge < -0.3 is 10.6 Å². The fourth-order valence-corrected chi connectivity index (χ4v) is 3.74. The van der Waals surface area contributed by atoms with Gasteiger partial charge in [-0.15, -0.1) is 12.4 Å². The number of carbonyl (C=O) groups excluding carboxylic acids is 1. The Morgan fingerprint density at radius 3 is 2.73 bits per heavy atom.